The van der Waals surface area contributed by atoms with E-state index in [-0.39, 0.29) is 0 Å². The molecule has 2 rings (SSSR count). The zero-order valence-corrected chi connectivity index (χ0v) is 10.6. The number of nitrogens with zero attached hydrogens (tertiary/aromatic N) is 2. The van der Waals surface area contributed by atoms with E-state index in [4.69, 9.17) is 11.6 Å². The highest BCUT2D eigenvalue weighted by atomic mass is 35.5. The van der Waals surface area contributed by atoms with Crippen molar-refractivity contribution in [2.24, 2.45) is 4.99 Å². The van der Waals surface area contributed by atoms with Gasteiger partial charge in [-0.2, -0.15) is 5.26 Å². The summed E-state index contributed by atoms with van der Waals surface area (Å²) in [5, 5.41) is 9.77. The minimum absolute atomic E-state index is 0.364. The third kappa shape index (κ3) is 2.97. The molecule has 2 nitrogen and oxygen atoms in total. The van der Waals surface area contributed by atoms with Crippen molar-refractivity contribution in [2.45, 2.75) is 6.92 Å². The van der Waals surface area contributed by atoms with E-state index in [1.807, 2.05) is 37.3 Å². The van der Waals surface area contributed by atoms with Crippen molar-refractivity contribution in [3.05, 3.63) is 64.7 Å². The summed E-state index contributed by atoms with van der Waals surface area (Å²) in [6.07, 6.45) is 0. The number of hydrogen-bond acceptors (Lipinski definition) is 2. The third-order valence-corrected chi connectivity index (χ3v) is 2.68. The number of rotatable bonds is 2. The molecule has 0 saturated carbocycles. The highest BCUT2D eigenvalue weighted by Crippen LogP contribution is 2.17. The van der Waals surface area contributed by atoms with Crippen LogP contribution in [-0.4, -0.2) is 5.71 Å². The summed E-state index contributed by atoms with van der Waals surface area (Å²) < 4.78 is 0. The normalized spacial score (nSPS) is 11.1. The van der Waals surface area contributed by atoms with Gasteiger partial charge in [0, 0.05) is 10.6 Å². The van der Waals surface area contributed by atoms with E-state index < -0.39 is 0 Å². The molecule has 0 spiro atoms. The number of aliphatic imine (C=N–C) groups is 1. The Morgan fingerprint density at radius 3 is 2.61 bits per heavy atom. The summed E-state index contributed by atoms with van der Waals surface area (Å²) in [6, 6.07) is 17.0. The lowest BCUT2D eigenvalue weighted by atomic mass is 10.1. The first-order chi connectivity index (χ1) is 8.69. The Balaban J connectivity index is 2.44. The van der Waals surface area contributed by atoms with E-state index in [2.05, 4.69) is 11.1 Å². The van der Waals surface area contributed by atoms with Crippen LogP contribution in [0.3, 0.4) is 0 Å². The van der Waals surface area contributed by atoms with Crippen molar-refractivity contribution < 1.29 is 0 Å². The van der Waals surface area contributed by atoms with Crippen molar-refractivity contribution in [3.63, 3.8) is 0 Å². The van der Waals surface area contributed by atoms with Crippen molar-refractivity contribution in [2.75, 3.05) is 0 Å². The molecule has 0 N–H and O–H groups in total. The highest BCUT2D eigenvalue weighted by Gasteiger charge is 2.03. The van der Waals surface area contributed by atoms with E-state index in [1.54, 1.807) is 18.2 Å². The Hall–Kier alpha value is -2.11. The van der Waals surface area contributed by atoms with E-state index in [0.29, 0.717) is 10.7 Å². The molecule has 0 radical (unpaired) electrons. The maximum absolute atomic E-state index is 9.18. The monoisotopic (exact) mass is 254 g/mol. The second-order valence-corrected chi connectivity index (χ2v) is 4.36. The Morgan fingerprint density at radius 1 is 1.17 bits per heavy atom. The minimum Gasteiger partial charge on any atom is -0.237 e. The van der Waals surface area contributed by atoms with Crippen molar-refractivity contribution in [1.29, 1.82) is 5.26 Å². The van der Waals surface area contributed by atoms with Gasteiger partial charge in [0.15, 0.2) is 0 Å². The molecule has 88 valence electrons. The number of aryl methyl sites for hydroxylation is 1. The maximum atomic E-state index is 9.18. The van der Waals surface area contributed by atoms with Crippen LogP contribution < -0.4 is 0 Å². The average molecular weight is 255 g/mol. The van der Waals surface area contributed by atoms with Gasteiger partial charge in [-0.3, -0.25) is 0 Å². The van der Waals surface area contributed by atoms with E-state index in [0.717, 1.165) is 16.8 Å². The van der Waals surface area contributed by atoms with Crippen LogP contribution in [0.4, 0.5) is 5.69 Å². The molecule has 0 saturated heterocycles. The molecule has 0 aliphatic carbocycles. The summed E-state index contributed by atoms with van der Waals surface area (Å²) in [5.74, 6) is 0. The van der Waals surface area contributed by atoms with E-state index in [9.17, 15) is 5.26 Å². The van der Waals surface area contributed by atoms with Gasteiger partial charge < -0.3 is 0 Å². The third-order valence-electron chi connectivity index (χ3n) is 2.45. The highest BCUT2D eigenvalue weighted by molar-refractivity contribution is 6.31. The van der Waals surface area contributed by atoms with Crippen LogP contribution in [0.15, 0.2) is 53.5 Å². The average Bonchev–Trinajstić information content (AvgIpc) is 2.36. The van der Waals surface area contributed by atoms with Crippen LogP contribution in [0.5, 0.6) is 0 Å². The zero-order valence-electron chi connectivity index (χ0n) is 9.89. The molecule has 0 amide bonds. The first kappa shape index (κ1) is 12.3. The van der Waals surface area contributed by atoms with Gasteiger partial charge in [0.2, 0.25) is 0 Å². The summed E-state index contributed by atoms with van der Waals surface area (Å²) in [7, 11) is 0. The zero-order chi connectivity index (χ0) is 13.0. The van der Waals surface area contributed by atoms with Crippen LogP contribution in [0, 0.1) is 18.3 Å². The minimum atomic E-state index is 0.364. The predicted octanol–water partition coefficient (Wildman–Crippen LogP) is 4.29. The quantitative estimate of drug-likeness (QED) is 0.737. The van der Waals surface area contributed by atoms with Crippen LogP contribution in [0.25, 0.3) is 0 Å². The molecule has 3 heteroatoms. The van der Waals surface area contributed by atoms with Gasteiger partial charge in [0.1, 0.15) is 11.8 Å². The fraction of sp³-hybridized carbons (Fsp3) is 0.0667. The van der Waals surface area contributed by atoms with E-state index in [1.165, 1.54) is 0 Å². The van der Waals surface area contributed by atoms with Crippen molar-refractivity contribution >= 4 is 23.0 Å². The molecule has 0 unspecified atom stereocenters. The lowest BCUT2D eigenvalue weighted by molar-refractivity contribution is 1.42. The Kier molecular flexibility index (Phi) is 3.76. The summed E-state index contributed by atoms with van der Waals surface area (Å²) in [6.45, 7) is 1.99. The summed E-state index contributed by atoms with van der Waals surface area (Å²) in [4.78, 5) is 4.35. The number of halogens is 1. The molecule has 0 fully saturated rings. The number of benzene rings is 2. The van der Waals surface area contributed by atoms with Gasteiger partial charge in [-0.25, -0.2) is 4.99 Å². The molecular formula is C15H11ClN2. The molecular weight excluding hydrogens is 244 g/mol. The molecule has 0 heterocycles. The maximum Gasteiger partial charge on any atom is 0.148 e. The fourth-order valence-electron chi connectivity index (χ4n) is 1.62. The van der Waals surface area contributed by atoms with Crippen LogP contribution in [0.2, 0.25) is 5.02 Å². The molecule has 18 heavy (non-hydrogen) atoms. The van der Waals surface area contributed by atoms with Gasteiger partial charge in [0.25, 0.3) is 0 Å². The Bertz CT molecular complexity index is 639. The van der Waals surface area contributed by atoms with Crippen LogP contribution in [-0.2, 0) is 0 Å². The SMILES string of the molecule is Cc1cccc(N=C(C#N)c2cccc(Cl)c2)c1. The standard InChI is InChI=1S/C15H11ClN2/c1-11-4-2-7-14(8-11)18-15(10-17)12-5-3-6-13(16)9-12/h2-9H,1H3. The number of hydrogen-bond donors (Lipinski definition) is 0. The lowest BCUT2D eigenvalue weighted by Crippen LogP contribution is -1.96. The van der Waals surface area contributed by atoms with Gasteiger partial charge in [-0.15, -0.1) is 0 Å². The van der Waals surface area contributed by atoms with Gasteiger partial charge in [-0.05, 0) is 36.8 Å². The molecule has 2 aromatic carbocycles. The Morgan fingerprint density at radius 2 is 1.94 bits per heavy atom. The van der Waals surface area contributed by atoms with Gasteiger partial charge >= 0.3 is 0 Å². The summed E-state index contributed by atoms with van der Waals surface area (Å²) in [5.41, 5.74) is 2.97. The van der Waals surface area contributed by atoms with Gasteiger partial charge in [0.05, 0.1) is 5.69 Å². The molecule has 0 aliphatic rings. The molecule has 0 aromatic heterocycles. The van der Waals surface area contributed by atoms with Crippen molar-refractivity contribution in [1.82, 2.24) is 0 Å². The molecule has 2 aromatic rings. The van der Waals surface area contributed by atoms with Crippen LogP contribution in [0.1, 0.15) is 11.1 Å². The predicted molar refractivity (Wildman–Crippen MR) is 74.4 cm³/mol. The van der Waals surface area contributed by atoms with Crippen LogP contribution >= 0.6 is 11.6 Å². The second kappa shape index (κ2) is 5.48. The van der Waals surface area contributed by atoms with Crippen molar-refractivity contribution in [3.8, 4) is 6.07 Å². The molecule has 0 bridgehead atoms. The largest absolute Gasteiger partial charge is 0.237 e. The van der Waals surface area contributed by atoms with Gasteiger partial charge in [-0.1, -0.05) is 35.9 Å². The lowest BCUT2D eigenvalue weighted by Gasteiger charge is -2.00. The first-order valence-electron chi connectivity index (χ1n) is 5.50. The Labute approximate surface area is 111 Å². The second-order valence-electron chi connectivity index (χ2n) is 3.92. The molecule has 0 atom stereocenters. The fourth-order valence-corrected chi connectivity index (χ4v) is 1.81. The van der Waals surface area contributed by atoms with E-state index >= 15 is 0 Å². The number of nitriles is 1. The topological polar surface area (TPSA) is 36.1 Å². The smallest absolute Gasteiger partial charge is 0.148 e. The first-order valence-corrected chi connectivity index (χ1v) is 5.88. The summed E-state index contributed by atoms with van der Waals surface area (Å²) >= 11 is 5.91. The molecule has 0 aliphatic heterocycles.